The molecule has 13 heavy (non-hydrogen) atoms. The lowest BCUT2D eigenvalue weighted by atomic mass is 10.1. The smallest absolute Gasteiger partial charge is 0.430 e. The van der Waals surface area contributed by atoms with Crippen LogP contribution < -0.4 is 5.11 Å². The third-order valence-corrected chi connectivity index (χ3v) is 0.953. The average Bonchev–Trinajstić information content (AvgIpc) is 1.85. The highest BCUT2D eigenvalue weighted by Crippen LogP contribution is 2.11. The van der Waals surface area contributed by atoms with Gasteiger partial charge in [0.25, 0.3) is 0 Å². The van der Waals surface area contributed by atoms with E-state index in [0.29, 0.717) is 12.5 Å². The summed E-state index contributed by atoms with van der Waals surface area (Å²) < 4.78 is 31.5. The van der Waals surface area contributed by atoms with Gasteiger partial charge in [0.2, 0.25) is 0 Å². The lowest BCUT2D eigenvalue weighted by molar-refractivity contribution is -0.344. The van der Waals surface area contributed by atoms with Gasteiger partial charge in [0, 0.05) is 0 Å². The van der Waals surface area contributed by atoms with E-state index >= 15 is 0 Å². The number of hydrogen-bond acceptors (Lipinski definition) is 2. The number of hydrogen-bond donors (Lipinski definition) is 0. The third-order valence-electron chi connectivity index (χ3n) is 0.953. The number of halogens is 3. The number of carboxylic acids is 1. The van der Waals surface area contributed by atoms with Crippen molar-refractivity contribution in [2.75, 3.05) is 6.54 Å². The molecule has 0 unspecified atom stereocenters. The van der Waals surface area contributed by atoms with Gasteiger partial charge in [-0.25, -0.2) is 0 Å². The maximum absolute atomic E-state index is 10.5. The Morgan fingerprint density at radius 1 is 1.46 bits per heavy atom. The Morgan fingerprint density at radius 3 is 1.77 bits per heavy atom. The summed E-state index contributed by atoms with van der Waals surface area (Å²) in [7, 11) is 0. The lowest BCUT2D eigenvalue weighted by Gasteiger charge is -2.03. The van der Waals surface area contributed by atoms with E-state index in [1.54, 1.807) is 0 Å². The largest absolute Gasteiger partial charge is 0.677 e. The summed E-state index contributed by atoms with van der Waals surface area (Å²) in [6.45, 7) is 4.85. The van der Waals surface area contributed by atoms with Gasteiger partial charge >= 0.3 is 6.18 Å². The molecule has 0 saturated heterocycles. The van der Waals surface area contributed by atoms with Crippen LogP contribution in [0, 0.1) is 5.92 Å². The first-order valence-electron chi connectivity index (χ1n) is 3.64. The second kappa shape index (κ2) is 6.71. The molecule has 0 rings (SSSR count). The van der Waals surface area contributed by atoms with Gasteiger partial charge < -0.3 is 15.6 Å². The van der Waals surface area contributed by atoms with Crippen molar-refractivity contribution < 1.29 is 23.1 Å². The van der Waals surface area contributed by atoms with Crippen molar-refractivity contribution in [2.24, 2.45) is 5.92 Å². The van der Waals surface area contributed by atoms with Crippen LogP contribution in [0.2, 0.25) is 0 Å². The summed E-state index contributed by atoms with van der Waals surface area (Å²) in [4.78, 5) is 8.78. The Labute approximate surface area is 74.7 Å². The van der Waals surface area contributed by atoms with Crippen LogP contribution in [0.3, 0.4) is 0 Å². The van der Waals surface area contributed by atoms with Crippen LogP contribution in [-0.2, 0) is 4.79 Å². The summed E-state index contributed by atoms with van der Waals surface area (Å²) in [6, 6.07) is 0. The first-order valence-corrected chi connectivity index (χ1v) is 3.64. The molecular weight excluding hydrogens is 187 g/mol. The van der Waals surface area contributed by atoms with Crippen molar-refractivity contribution in [1.29, 1.82) is 0 Å². The summed E-state index contributed by atoms with van der Waals surface area (Å²) >= 11 is 0. The average molecular weight is 199 g/mol. The minimum Gasteiger partial charge on any atom is -0.677 e. The fourth-order valence-electron chi connectivity index (χ4n) is 0.289. The van der Waals surface area contributed by atoms with Crippen LogP contribution in [-0.4, -0.2) is 18.7 Å². The predicted octanol–water partition coefficient (Wildman–Crippen LogP) is 1.38. The van der Waals surface area contributed by atoms with Gasteiger partial charge in [-0.3, -0.25) is 0 Å². The Kier molecular flexibility index (Phi) is 7.60. The molecule has 0 saturated carbocycles. The zero-order valence-electron chi connectivity index (χ0n) is 7.44. The Morgan fingerprint density at radius 2 is 1.77 bits per heavy atom. The molecule has 0 atom stereocenters. The molecule has 0 aromatic rings. The second-order valence-electron chi connectivity index (χ2n) is 2.72. The second-order valence-corrected chi connectivity index (χ2v) is 2.72. The van der Waals surface area contributed by atoms with E-state index in [0.717, 1.165) is 6.42 Å². The Hall–Kier alpha value is -0.780. The quantitative estimate of drug-likeness (QED) is 0.674. The molecule has 0 radical (unpaired) electrons. The van der Waals surface area contributed by atoms with Crippen molar-refractivity contribution in [2.45, 2.75) is 26.4 Å². The molecule has 0 bridgehead atoms. The summed E-state index contributed by atoms with van der Waals surface area (Å²) in [5.41, 5.74) is 6.73. The number of carbonyl (C=O) groups is 1. The zero-order chi connectivity index (χ0) is 11.1. The van der Waals surface area contributed by atoms with Gasteiger partial charge in [-0.15, -0.1) is 0 Å². The minimum absolute atomic E-state index is 0.581. The number of rotatable bonds is 2. The highest BCUT2D eigenvalue weighted by molar-refractivity contribution is 5.70. The minimum atomic E-state index is -5.19. The predicted molar refractivity (Wildman–Crippen MR) is 39.7 cm³/mol. The highest BCUT2D eigenvalue weighted by Gasteiger charge is 2.28. The van der Waals surface area contributed by atoms with Crippen LogP contribution in [0.4, 0.5) is 13.2 Å². The fourth-order valence-corrected chi connectivity index (χ4v) is 0.289. The van der Waals surface area contributed by atoms with Gasteiger partial charge in [0.15, 0.2) is 0 Å². The zero-order valence-corrected chi connectivity index (χ0v) is 7.44. The monoisotopic (exact) mass is 199 g/mol. The van der Waals surface area contributed by atoms with Crippen molar-refractivity contribution in [3.8, 4) is 0 Å². The molecule has 0 spiro atoms. The molecule has 80 valence electrons. The van der Waals surface area contributed by atoms with Gasteiger partial charge in [0.1, 0.15) is 5.97 Å². The molecular formula is C7H12F3NO2-2. The van der Waals surface area contributed by atoms with Gasteiger partial charge in [0.05, 0.1) is 0 Å². The number of nitrogens with one attached hydrogen (secondary N) is 1. The van der Waals surface area contributed by atoms with Gasteiger partial charge in [-0.1, -0.05) is 20.3 Å². The van der Waals surface area contributed by atoms with Gasteiger partial charge in [-0.2, -0.15) is 19.7 Å². The Balaban J connectivity index is 0. The summed E-state index contributed by atoms with van der Waals surface area (Å²) in [6.07, 6.45) is -4.15. The fraction of sp³-hybridized carbons (Fsp3) is 0.857. The standard InChI is InChI=1S/C5H12N.C2HF3O2/c1-5(2)3-4-6;3-2(4,5)1(6)7/h5-6H,3-4H2,1-2H3;(H,6,7)/q-1;/p-1. The van der Waals surface area contributed by atoms with Crippen molar-refractivity contribution in [3.63, 3.8) is 0 Å². The number of alkyl halides is 3. The molecule has 6 heteroatoms. The molecule has 0 heterocycles. The van der Waals surface area contributed by atoms with Crippen molar-refractivity contribution in [3.05, 3.63) is 5.73 Å². The Bertz CT molecular complexity index is 145. The highest BCUT2D eigenvalue weighted by atomic mass is 19.4. The molecule has 0 aliphatic carbocycles. The first-order chi connectivity index (χ1) is 5.71. The lowest BCUT2D eigenvalue weighted by Crippen LogP contribution is -2.37. The van der Waals surface area contributed by atoms with E-state index in [4.69, 9.17) is 15.6 Å². The number of carboxylic acid groups (broad SMARTS) is 1. The molecule has 0 fully saturated rings. The summed E-state index contributed by atoms with van der Waals surface area (Å²) in [5.74, 6) is -2.30. The first kappa shape index (κ1) is 14.7. The molecule has 0 aromatic heterocycles. The number of aliphatic carboxylic acids is 1. The third kappa shape index (κ3) is 14.1. The topological polar surface area (TPSA) is 63.9 Å². The maximum Gasteiger partial charge on any atom is 0.430 e. The number of carbonyl (C=O) groups excluding carboxylic acids is 1. The van der Waals surface area contributed by atoms with E-state index in [2.05, 4.69) is 13.8 Å². The maximum atomic E-state index is 10.5. The van der Waals surface area contributed by atoms with E-state index in [-0.39, 0.29) is 0 Å². The summed E-state index contributed by atoms with van der Waals surface area (Å²) in [5, 5.41) is 8.78. The molecule has 3 nitrogen and oxygen atoms in total. The van der Waals surface area contributed by atoms with Crippen LogP contribution in [0.15, 0.2) is 0 Å². The van der Waals surface area contributed by atoms with E-state index in [9.17, 15) is 13.2 Å². The van der Waals surface area contributed by atoms with Crippen LogP contribution in [0.5, 0.6) is 0 Å². The van der Waals surface area contributed by atoms with Gasteiger partial charge in [-0.05, 0) is 5.92 Å². The normalized spacial score (nSPS) is 10.7. The molecule has 0 aliphatic heterocycles. The van der Waals surface area contributed by atoms with Crippen molar-refractivity contribution in [1.82, 2.24) is 0 Å². The van der Waals surface area contributed by atoms with E-state index in [1.165, 1.54) is 0 Å². The molecule has 0 aromatic carbocycles. The molecule has 1 N–H and O–H groups in total. The van der Waals surface area contributed by atoms with E-state index in [1.807, 2.05) is 0 Å². The van der Waals surface area contributed by atoms with Crippen LogP contribution >= 0.6 is 0 Å². The molecule has 0 aliphatic rings. The van der Waals surface area contributed by atoms with E-state index < -0.39 is 12.1 Å². The molecule has 0 amide bonds. The van der Waals surface area contributed by atoms with Crippen molar-refractivity contribution >= 4 is 5.97 Å². The SMILES string of the molecule is CC(C)CC[NH-].O=C([O-])C(F)(F)F. The van der Waals surface area contributed by atoms with Crippen LogP contribution in [0.25, 0.3) is 5.73 Å². The van der Waals surface area contributed by atoms with Crippen LogP contribution in [0.1, 0.15) is 20.3 Å².